The van der Waals surface area contributed by atoms with Crippen molar-refractivity contribution in [3.63, 3.8) is 0 Å². The molecule has 0 aliphatic rings. The van der Waals surface area contributed by atoms with Gasteiger partial charge in [-0.05, 0) is 25.8 Å². The number of nitrogens with zero attached hydrogens (tertiary/aromatic N) is 1. The van der Waals surface area contributed by atoms with Crippen LogP contribution in [0, 0.1) is 13.8 Å². The molecule has 0 saturated heterocycles. The van der Waals surface area contributed by atoms with Crippen molar-refractivity contribution in [1.82, 2.24) is 0 Å². The Morgan fingerprint density at radius 1 is 0.905 bits per heavy atom. The van der Waals surface area contributed by atoms with Gasteiger partial charge in [-0.1, -0.05) is 26.2 Å². The lowest BCUT2D eigenvalue weighted by atomic mass is 10.2. The summed E-state index contributed by atoms with van der Waals surface area (Å²) in [6.07, 6.45) is 9.32. The molecular weight excluding hydrogens is 286 g/mol. The highest BCUT2D eigenvalue weighted by Gasteiger charge is 2.02. The summed E-state index contributed by atoms with van der Waals surface area (Å²) in [5.74, 6) is 0. The minimum Gasteiger partial charge on any atom is -1.00 e. The van der Waals surface area contributed by atoms with Gasteiger partial charge in [0.25, 0.3) is 0 Å². The fourth-order valence-electron chi connectivity index (χ4n) is 1.99. The quantitative estimate of drug-likeness (QED) is 0.430. The molecule has 0 aliphatic heterocycles. The van der Waals surface area contributed by atoms with Crippen molar-refractivity contribution in [2.75, 3.05) is 26.4 Å². The monoisotopic (exact) mass is 315 g/mol. The van der Waals surface area contributed by atoms with E-state index in [1.807, 2.05) is 0 Å². The lowest BCUT2D eigenvalue weighted by Crippen LogP contribution is -3.00. The molecular formula is C17H30ClNO2. The first kappa shape index (κ1) is 20.4. The molecule has 0 saturated carbocycles. The number of hydrogen-bond acceptors (Lipinski definition) is 2. The van der Waals surface area contributed by atoms with E-state index in [0.29, 0.717) is 13.2 Å². The highest BCUT2D eigenvalue weighted by Crippen LogP contribution is 2.00. The average Bonchev–Trinajstić information content (AvgIpc) is 2.45. The second kappa shape index (κ2) is 13.1. The van der Waals surface area contributed by atoms with Crippen LogP contribution in [0.3, 0.4) is 0 Å². The van der Waals surface area contributed by atoms with Gasteiger partial charge in [0.1, 0.15) is 6.61 Å². The first-order chi connectivity index (χ1) is 9.74. The number of ether oxygens (including phenoxy) is 2. The first-order valence-corrected chi connectivity index (χ1v) is 7.86. The molecule has 0 fully saturated rings. The smallest absolute Gasteiger partial charge is 0.172 e. The van der Waals surface area contributed by atoms with Gasteiger partial charge < -0.3 is 21.9 Å². The minimum atomic E-state index is 0. The summed E-state index contributed by atoms with van der Waals surface area (Å²) in [7, 11) is 0. The summed E-state index contributed by atoms with van der Waals surface area (Å²) in [6, 6.07) is 2.15. The van der Waals surface area contributed by atoms with Gasteiger partial charge in [0.2, 0.25) is 0 Å². The Morgan fingerprint density at radius 2 is 1.62 bits per heavy atom. The third kappa shape index (κ3) is 9.83. The van der Waals surface area contributed by atoms with E-state index in [2.05, 4.69) is 43.8 Å². The summed E-state index contributed by atoms with van der Waals surface area (Å²) in [5.41, 5.74) is 2.65. The Labute approximate surface area is 136 Å². The molecule has 0 amide bonds. The molecule has 0 radical (unpaired) electrons. The molecule has 1 heterocycles. The molecule has 0 unspecified atom stereocenters. The van der Waals surface area contributed by atoms with E-state index in [1.54, 1.807) is 0 Å². The van der Waals surface area contributed by atoms with E-state index in [4.69, 9.17) is 9.47 Å². The Kier molecular flexibility index (Phi) is 12.7. The van der Waals surface area contributed by atoms with Crippen LogP contribution in [0.25, 0.3) is 0 Å². The number of halogens is 1. The van der Waals surface area contributed by atoms with Crippen LogP contribution in [-0.4, -0.2) is 26.4 Å². The number of aryl methyl sites for hydroxylation is 2. The molecule has 0 spiro atoms. The molecule has 0 bridgehead atoms. The summed E-state index contributed by atoms with van der Waals surface area (Å²) in [6.45, 7) is 10.4. The fourth-order valence-corrected chi connectivity index (χ4v) is 1.99. The van der Waals surface area contributed by atoms with Crippen LogP contribution >= 0.6 is 0 Å². The normalized spacial score (nSPS) is 10.4. The van der Waals surface area contributed by atoms with Crippen molar-refractivity contribution in [1.29, 1.82) is 0 Å². The maximum absolute atomic E-state index is 5.59. The fraction of sp³-hybridized carbons (Fsp3) is 0.706. The van der Waals surface area contributed by atoms with Crippen molar-refractivity contribution in [2.45, 2.75) is 53.0 Å². The van der Waals surface area contributed by atoms with Crippen molar-refractivity contribution in [3.8, 4) is 0 Å². The molecule has 21 heavy (non-hydrogen) atoms. The first-order valence-electron chi connectivity index (χ1n) is 7.86. The van der Waals surface area contributed by atoms with Gasteiger partial charge in [0.05, 0.1) is 13.2 Å². The molecule has 1 rings (SSSR count). The van der Waals surface area contributed by atoms with Crippen molar-refractivity contribution in [3.05, 3.63) is 29.6 Å². The molecule has 4 heteroatoms. The number of hydrogen-bond donors (Lipinski definition) is 0. The van der Waals surface area contributed by atoms with Gasteiger partial charge in [0, 0.05) is 18.2 Å². The van der Waals surface area contributed by atoms with Gasteiger partial charge in [-0.3, -0.25) is 0 Å². The second-order valence-corrected chi connectivity index (χ2v) is 5.33. The maximum Gasteiger partial charge on any atom is 0.172 e. The maximum atomic E-state index is 5.59. The van der Waals surface area contributed by atoms with E-state index in [9.17, 15) is 0 Å². The van der Waals surface area contributed by atoms with Gasteiger partial charge in [-0.25, -0.2) is 4.57 Å². The van der Waals surface area contributed by atoms with Crippen LogP contribution in [0.4, 0.5) is 0 Å². The highest BCUT2D eigenvalue weighted by molar-refractivity contribution is 5.16. The molecule has 0 N–H and O–H groups in total. The lowest BCUT2D eigenvalue weighted by molar-refractivity contribution is -0.698. The van der Waals surface area contributed by atoms with E-state index in [1.165, 1.54) is 36.8 Å². The summed E-state index contributed by atoms with van der Waals surface area (Å²) in [5, 5.41) is 0. The molecule has 1 aromatic heterocycles. The molecule has 3 nitrogen and oxygen atoms in total. The minimum absolute atomic E-state index is 0. The summed E-state index contributed by atoms with van der Waals surface area (Å²) in [4.78, 5) is 0. The number of pyridine rings is 1. The van der Waals surface area contributed by atoms with Gasteiger partial charge >= 0.3 is 0 Å². The number of unbranched alkanes of at least 4 members (excludes halogenated alkanes) is 3. The SMILES string of the molecule is CCCCCCOCCOCC[n+]1ccc(C)c(C)c1.[Cl-]. The standard InChI is InChI=1S/C17H30NO2.ClH/c1-4-5-6-7-11-19-13-14-20-12-10-18-9-8-16(2)17(3)15-18;/h8-9,15H,4-7,10-14H2,1-3H3;1H/q+1;/p-1. The third-order valence-electron chi connectivity index (χ3n) is 3.51. The molecule has 1 aromatic rings. The van der Waals surface area contributed by atoms with Crippen LogP contribution in [-0.2, 0) is 16.0 Å². The molecule has 0 aromatic carbocycles. The van der Waals surface area contributed by atoms with Crippen LogP contribution in [0.1, 0.15) is 43.7 Å². The third-order valence-corrected chi connectivity index (χ3v) is 3.51. The Bertz CT molecular complexity index is 372. The zero-order valence-corrected chi connectivity index (χ0v) is 14.5. The highest BCUT2D eigenvalue weighted by atomic mass is 35.5. The van der Waals surface area contributed by atoms with Gasteiger partial charge in [-0.15, -0.1) is 0 Å². The van der Waals surface area contributed by atoms with Crippen LogP contribution < -0.4 is 17.0 Å². The lowest BCUT2D eigenvalue weighted by Gasteiger charge is -2.05. The largest absolute Gasteiger partial charge is 1.00 e. The van der Waals surface area contributed by atoms with Crippen LogP contribution in [0.5, 0.6) is 0 Å². The zero-order valence-electron chi connectivity index (χ0n) is 13.7. The topological polar surface area (TPSA) is 22.3 Å². The van der Waals surface area contributed by atoms with Crippen LogP contribution in [0.15, 0.2) is 18.5 Å². The van der Waals surface area contributed by atoms with E-state index >= 15 is 0 Å². The van der Waals surface area contributed by atoms with Crippen molar-refractivity contribution >= 4 is 0 Å². The Hall–Kier alpha value is -0.640. The van der Waals surface area contributed by atoms with E-state index < -0.39 is 0 Å². The van der Waals surface area contributed by atoms with Gasteiger partial charge in [0.15, 0.2) is 18.9 Å². The zero-order chi connectivity index (χ0) is 14.6. The summed E-state index contributed by atoms with van der Waals surface area (Å²) >= 11 is 0. The molecule has 0 aliphatic carbocycles. The van der Waals surface area contributed by atoms with E-state index in [-0.39, 0.29) is 12.4 Å². The number of aromatic nitrogens is 1. The van der Waals surface area contributed by atoms with E-state index in [0.717, 1.165) is 19.8 Å². The Balaban J connectivity index is 0.00000400. The van der Waals surface area contributed by atoms with Crippen molar-refractivity contribution in [2.24, 2.45) is 0 Å². The number of rotatable bonds is 11. The predicted molar refractivity (Wildman–Crippen MR) is 81.9 cm³/mol. The van der Waals surface area contributed by atoms with Crippen LogP contribution in [0.2, 0.25) is 0 Å². The second-order valence-electron chi connectivity index (χ2n) is 5.33. The summed E-state index contributed by atoms with van der Waals surface area (Å²) < 4.78 is 13.3. The van der Waals surface area contributed by atoms with Gasteiger partial charge in [-0.2, -0.15) is 0 Å². The Morgan fingerprint density at radius 3 is 2.29 bits per heavy atom. The molecule has 122 valence electrons. The molecule has 0 atom stereocenters. The van der Waals surface area contributed by atoms with Crippen molar-refractivity contribution < 1.29 is 26.4 Å². The predicted octanol–water partition coefficient (Wildman–Crippen LogP) is 0.208. The average molecular weight is 316 g/mol.